The molecule has 0 amide bonds. The summed E-state index contributed by atoms with van der Waals surface area (Å²) < 4.78 is 2.12. The maximum atomic E-state index is 5.92. The van der Waals surface area contributed by atoms with Crippen molar-refractivity contribution in [2.45, 2.75) is 25.4 Å². The number of nitrogens with two attached hydrogens (primary N) is 1. The number of anilines is 1. The van der Waals surface area contributed by atoms with Gasteiger partial charge in [-0.25, -0.2) is 4.98 Å². The third-order valence-electron chi connectivity index (χ3n) is 4.10. The van der Waals surface area contributed by atoms with Gasteiger partial charge in [-0.1, -0.05) is 0 Å². The van der Waals surface area contributed by atoms with E-state index in [1.165, 1.54) is 12.8 Å². The van der Waals surface area contributed by atoms with Crippen molar-refractivity contribution >= 4 is 22.1 Å². The van der Waals surface area contributed by atoms with Gasteiger partial charge in [0.05, 0.1) is 5.69 Å². The number of imidazole rings is 1. The molecule has 0 spiro atoms. The van der Waals surface area contributed by atoms with E-state index < -0.39 is 0 Å². The predicted molar refractivity (Wildman–Crippen MR) is 79.9 cm³/mol. The highest BCUT2D eigenvalue weighted by atomic mass is 32.1. The molecule has 2 N–H and O–H groups in total. The van der Waals surface area contributed by atoms with Crippen molar-refractivity contribution < 1.29 is 0 Å². The molecule has 0 radical (unpaired) electrons. The lowest BCUT2D eigenvalue weighted by Crippen LogP contribution is -2.42. The van der Waals surface area contributed by atoms with E-state index >= 15 is 0 Å². The number of fused-ring (bicyclic) bond motifs is 1. The molecule has 0 bridgehead atoms. The predicted octanol–water partition coefficient (Wildman–Crippen LogP) is 1.38. The molecule has 3 rings (SSSR count). The number of thiazole rings is 1. The van der Waals surface area contributed by atoms with Crippen molar-refractivity contribution in [1.82, 2.24) is 14.3 Å². The van der Waals surface area contributed by atoms with Gasteiger partial charge >= 0.3 is 0 Å². The van der Waals surface area contributed by atoms with Crippen molar-refractivity contribution in [3.8, 4) is 0 Å². The van der Waals surface area contributed by atoms with E-state index in [9.17, 15) is 0 Å². The first-order valence-corrected chi connectivity index (χ1v) is 7.64. The number of aromatic nitrogens is 2. The van der Waals surface area contributed by atoms with Crippen LogP contribution in [0.3, 0.4) is 0 Å². The fourth-order valence-electron chi connectivity index (χ4n) is 2.85. The van der Waals surface area contributed by atoms with Crippen molar-refractivity contribution in [3.63, 3.8) is 0 Å². The number of hydrogen-bond acceptors (Lipinski definition) is 5. The van der Waals surface area contributed by atoms with Gasteiger partial charge in [-0.2, -0.15) is 0 Å². The minimum Gasteiger partial charge on any atom is -0.355 e. The van der Waals surface area contributed by atoms with Gasteiger partial charge in [0.15, 0.2) is 10.8 Å². The molecule has 19 heavy (non-hydrogen) atoms. The molecule has 6 heteroatoms. The van der Waals surface area contributed by atoms with Crippen LogP contribution in [-0.2, 0) is 6.54 Å². The lowest BCUT2D eigenvalue weighted by molar-refractivity contribution is 0.252. The summed E-state index contributed by atoms with van der Waals surface area (Å²) in [5.41, 5.74) is 7.04. The Kier molecular flexibility index (Phi) is 3.47. The van der Waals surface area contributed by atoms with Crippen LogP contribution in [0.5, 0.6) is 0 Å². The van der Waals surface area contributed by atoms with E-state index in [2.05, 4.69) is 39.9 Å². The van der Waals surface area contributed by atoms with E-state index in [0.29, 0.717) is 12.6 Å². The molecule has 2 aromatic rings. The van der Waals surface area contributed by atoms with Gasteiger partial charge in [0.25, 0.3) is 0 Å². The molecule has 5 nitrogen and oxygen atoms in total. The quantitative estimate of drug-likeness (QED) is 0.922. The fraction of sp³-hybridized carbons (Fsp3) is 0.615. The van der Waals surface area contributed by atoms with Crippen LogP contribution in [0.2, 0.25) is 0 Å². The Balaban J connectivity index is 1.88. The Morgan fingerprint density at radius 2 is 2.21 bits per heavy atom. The summed E-state index contributed by atoms with van der Waals surface area (Å²) in [6.07, 6.45) is 4.45. The standard InChI is InChI=1S/C13H21N5S/c1-16-5-3-10(4-6-16)17(2)12-11(9-14)18-7-8-19-13(18)15-12/h7-8,10H,3-6,9,14H2,1-2H3. The average Bonchev–Trinajstić information content (AvgIpc) is 2.98. The summed E-state index contributed by atoms with van der Waals surface area (Å²) in [6.45, 7) is 2.86. The number of nitrogens with zero attached hydrogens (tertiary/aromatic N) is 4. The lowest BCUT2D eigenvalue weighted by atomic mass is 10.0. The molecule has 0 unspecified atom stereocenters. The Morgan fingerprint density at radius 3 is 2.89 bits per heavy atom. The summed E-state index contributed by atoms with van der Waals surface area (Å²) in [7, 11) is 4.34. The molecule has 0 saturated carbocycles. The third kappa shape index (κ3) is 2.24. The SMILES string of the molecule is CN1CCC(N(C)c2nc3sccn3c2CN)CC1. The van der Waals surface area contributed by atoms with Gasteiger partial charge in [-0.3, -0.25) is 4.40 Å². The zero-order valence-corrected chi connectivity index (χ0v) is 12.4. The highest BCUT2D eigenvalue weighted by Crippen LogP contribution is 2.27. The highest BCUT2D eigenvalue weighted by Gasteiger charge is 2.24. The number of piperidine rings is 1. The summed E-state index contributed by atoms with van der Waals surface area (Å²) in [6, 6.07) is 0.575. The van der Waals surface area contributed by atoms with Gasteiger partial charge in [0.1, 0.15) is 0 Å². The van der Waals surface area contributed by atoms with Crippen LogP contribution in [0.15, 0.2) is 11.6 Å². The molecule has 3 heterocycles. The molecule has 104 valence electrons. The minimum absolute atomic E-state index is 0.532. The Labute approximate surface area is 117 Å². The van der Waals surface area contributed by atoms with Gasteiger partial charge in [-0.05, 0) is 33.0 Å². The monoisotopic (exact) mass is 279 g/mol. The van der Waals surface area contributed by atoms with Gasteiger partial charge < -0.3 is 15.5 Å². The zero-order valence-electron chi connectivity index (χ0n) is 11.5. The van der Waals surface area contributed by atoms with E-state index in [4.69, 9.17) is 10.7 Å². The third-order valence-corrected chi connectivity index (χ3v) is 4.86. The highest BCUT2D eigenvalue weighted by molar-refractivity contribution is 7.15. The molecule has 0 aliphatic carbocycles. The Bertz CT molecular complexity index is 552. The summed E-state index contributed by atoms with van der Waals surface area (Å²) in [5, 5.41) is 2.06. The summed E-state index contributed by atoms with van der Waals surface area (Å²) >= 11 is 1.66. The zero-order chi connectivity index (χ0) is 13.4. The number of rotatable bonds is 3. The van der Waals surface area contributed by atoms with Gasteiger partial charge in [-0.15, -0.1) is 11.3 Å². The molecule has 0 atom stereocenters. The second-order valence-corrected chi connectivity index (χ2v) is 6.16. The molecule has 1 fully saturated rings. The molecule has 0 aromatic carbocycles. The van der Waals surface area contributed by atoms with Crippen LogP contribution in [0, 0.1) is 0 Å². The van der Waals surface area contributed by atoms with E-state index in [1.54, 1.807) is 11.3 Å². The van der Waals surface area contributed by atoms with Crippen molar-refractivity contribution in [2.75, 3.05) is 32.1 Å². The van der Waals surface area contributed by atoms with Crippen molar-refractivity contribution in [2.24, 2.45) is 5.73 Å². The molecule has 1 aliphatic heterocycles. The Morgan fingerprint density at radius 1 is 1.47 bits per heavy atom. The molecule has 1 saturated heterocycles. The molecular weight excluding hydrogens is 258 g/mol. The number of likely N-dealkylation sites (tertiary alicyclic amines) is 1. The van der Waals surface area contributed by atoms with E-state index in [-0.39, 0.29) is 0 Å². The van der Waals surface area contributed by atoms with Crippen LogP contribution in [0.4, 0.5) is 5.82 Å². The number of hydrogen-bond donors (Lipinski definition) is 1. The average molecular weight is 279 g/mol. The van der Waals surface area contributed by atoms with Crippen LogP contribution in [0.1, 0.15) is 18.5 Å². The molecule has 1 aliphatic rings. The maximum absolute atomic E-state index is 5.92. The second kappa shape index (κ2) is 5.11. The second-order valence-electron chi connectivity index (χ2n) is 5.29. The van der Waals surface area contributed by atoms with Crippen LogP contribution < -0.4 is 10.6 Å². The largest absolute Gasteiger partial charge is 0.355 e. The van der Waals surface area contributed by atoms with Crippen LogP contribution in [0.25, 0.3) is 4.96 Å². The van der Waals surface area contributed by atoms with Crippen molar-refractivity contribution in [3.05, 3.63) is 17.3 Å². The Hall–Kier alpha value is -1.11. The smallest absolute Gasteiger partial charge is 0.195 e. The van der Waals surface area contributed by atoms with Gasteiger partial charge in [0, 0.05) is 31.2 Å². The van der Waals surface area contributed by atoms with E-state index in [0.717, 1.165) is 29.6 Å². The van der Waals surface area contributed by atoms with Gasteiger partial charge in [0.2, 0.25) is 0 Å². The first-order valence-electron chi connectivity index (χ1n) is 6.76. The first-order chi connectivity index (χ1) is 9.20. The maximum Gasteiger partial charge on any atom is 0.195 e. The van der Waals surface area contributed by atoms with Crippen LogP contribution >= 0.6 is 11.3 Å². The summed E-state index contributed by atoms with van der Waals surface area (Å²) in [4.78, 5) is 10.5. The first kappa shape index (κ1) is 12.9. The summed E-state index contributed by atoms with van der Waals surface area (Å²) in [5.74, 6) is 1.06. The van der Waals surface area contributed by atoms with Crippen molar-refractivity contribution in [1.29, 1.82) is 0 Å². The van der Waals surface area contributed by atoms with E-state index in [1.807, 2.05) is 0 Å². The molecule has 2 aromatic heterocycles. The normalized spacial score (nSPS) is 18.3. The fourth-order valence-corrected chi connectivity index (χ4v) is 3.58. The lowest BCUT2D eigenvalue weighted by Gasteiger charge is -2.35. The minimum atomic E-state index is 0.532. The topological polar surface area (TPSA) is 49.8 Å². The molecular formula is C13H21N5S. The van der Waals surface area contributed by atoms with Crippen LogP contribution in [-0.4, -0.2) is 47.5 Å².